The normalized spacial score (nSPS) is 13.0. The number of hydrogen-bond donors (Lipinski definition) is 2. The maximum atomic E-state index is 12.2. The number of nitrogens with one attached hydrogen (secondary N) is 1. The highest BCUT2D eigenvalue weighted by atomic mass is 35.5. The number of amides is 1. The van der Waals surface area contributed by atoms with Crippen LogP contribution in [0.15, 0.2) is 34.5 Å². The molecule has 3 N–H and O–H groups in total. The predicted molar refractivity (Wildman–Crippen MR) is 103 cm³/mol. The molecule has 1 unspecified atom stereocenters. The van der Waals surface area contributed by atoms with Gasteiger partial charge in [0.2, 0.25) is 5.91 Å². The molecule has 7 heteroatoms. The highest BCUT2D eigenvalue weighted by Gasteiger charge is 2.27. The summed E-state index contributed by atoms with van der Waals surface area (Å²) in [4.78, 5) is 17.9. The number of nitrogens with two attached hydrogens (primary N) is 1. The van der Waals surface area contributed by atoms with Gasteiger partial charge in [-0.05, 0) is 31.7 Å². The Bertz CT molecular complexity index is 641. The fraction of sp³-hybridized carbons (Fsp3) is 0.375. The Hall–Kier alpha value is -1.08. The average Bonchev–Trinajstić information content (AvgIpc) is 2.96. The Kier molecular flexibility index (Phi) is 7.54. The summed E-state index contributed by atoms with van der Waals surface area (Å²) in [6, 6.07) is 8.21. The van der Waals surface area contributed by atoms with E-state index < -0.39 is 5.54 Å². The van der Waals surface area contributed by atoms with Crippen LogP contribution in [0.3, 0.4) is 0 Å². The minimum atomic E-state index is -0.861. The predicted octanol–water partition coefficient (Wildman–Crippen LogP) is 4.41. The first kappa shape index (κ1) is 20.0. The zero-order valence-electron chi connectivity index (χ0n) is 13.5. The Morgan fingerprint density at radius 1 is 1.39 bits per heavy atom. The van der Waals surface area contributed by atoms with Crippen molar-refractivity contribution in [2.45, 2.75) is 37.1 Å². The summed E-state index contributed by atoms with van der Waals surface area (Å²) in [7, 11) is 0. The van der Waals surface area contributed by atoms with E-state index in [4.69, 9.17) is 5.73 Å². The van der Waals surface area contributed by atoms with Gasteiger partial charge in [0, 0.05) is 15.8 Å². The number of carbonyl (C=O) groups excluding carboxylic acids is 1. The zero-order chi connectivity index (χ0) is 16.2. The van der Waals surface area contributed by atoms with Crippen molar-refractivity contribution < 1.29 is 4.79 Å². The molecule has 0 saturated heterocycles. The van der Waals surface area contributed by atoms with Gasteiger partial charge in [0.15, 0.2) is 5.13 Å². The Morgan fingerprint density at radius 3 is 2.61 bits per heavy atom. The van der Waals surface area contributed by atoms with E-state index in [1.54, 1.807) is 18.7 Å². The highest BCUT2D eigenvalue weighted by molar-refractivity contribution is 7.98. The van der Waals surface area contributed by atoms with Crippen molar-refractivity contribution in [1.29, 1.82) is 0 Å². The molecule has 0 fully saturated rings. The van der Waals surface area contributed by atoms with Gasteiger partial charge < -0.3 is 11.1 Å². The molecular formula is C16H22ClN3OS2. The smallest absolute Gasteiger partial charge is 0.245 e. The first-order valence-electron chi connectivity index (χ1n) is 7.16. The van der Waals surface area contributed by atoms with E-state index >= 15 is 0 Å². The number of nitrogens with zero attached hydrogens (tertiary/aromatic N) is 1. The molecule has 1 aromatic heterocycles. The van der Waals surface area contributed by atoms with Gasteiger partial charge in [0.25, 0.3) is 0 Å². The molecule has 1 heterocycles. The number of thioether (sulfide) groups is 1. The van der Waals surface area contributed by atoms with Crippen molar-refractivity contribution in [2.24, 2.45) is 5.73 Å². The van der Waals surface area contributed by atoms with E-state index in [2.05, 4.69) is 22.4 Å². The topological polar surface area (TPSA) is 68.0 Å². The monoisotopic (exact) mass is 371 g/mol. The highest BCUT2D eigenvalue weighted by Crippen LogP contribution is 2.27. The molecule has 1 atom stereocenters. The average molecular weight is 372 g/mol. The molecule has 23 heavy (non-hydrogen) atoms. The third-order valence-corrected chi connectivity index (χ3v) is 4.90. The standard InChI is InChI=1S/C16H21N3OS2.ClH/c1-4-9-16(2,17)14(20)19-15-18-13(10-22-15)11-5-7-12(21-3)8-6-11;/h5-8,10H,4,9,17H2,1-3H3,(H,18,19,20);1H. The van der Waals surface area contributed by atoms with E-state index in [1.165, 1.54) is 16.2 Å². The number of halogens is 1. The number of carbonyl (C=O) groups is 1. The summed E-state index contributed by atoms with van der Waals surface area (Å²) < 4.78 is 0. The van der Waals surface area contributed by atoms with Crippen molar-refractivity contribution in [2.75, 3.05) is 11.6 Å². The second-order valence-corrected chi connectivity index (χ2v) is 7.13. The number of rotatable bonds is 6. The number of benzene rings is 1. The second kappa shape index (κ2) is 8.68. The molecule has 1 amide bonds. The summed E-state index contributed by atoms with van der Waals surface area (Å²) in [6.07, 6.45) is 3.56. The van der Waals surface area contributed by atoms with Crippen molar-refractivity contribution in [3.8, 4) is 11.3 Å². The van der Waals surface area contributed by atoms with Gasteiger partial charge in [-0.1, -0.05) is 25.5 Å². The van der Waals surface area contributed by atoms with Gasteiger partial charge in [0.05, 0.1) is 11.2 Å². The Balaban J connectivity index is 0.00000264. The van der Waals surface area contributed by atoms with E-state index in [9.17, 15) is 4.79 Å². The minimum absolute atomic E-state index is 0. The molecule has 0 saturated carbocycles. The third-order valence-electron chi connectivity index (χ3n) is 3.40. The first-order chi connectivity index (χ1) is 10.5. The van der Waals surface area contributed by atoms with Crippen molar-refractivity contribution >= 4 is 46.5 Å². The van der Waals surface area contributed by atoms with Gasteiger partial charge in [0.1, 0.15) is 0 Å². The number of thiazole rings is 1. The van der Waals surface area contributed by atoms with Crippen molar-refractivity contribution in [1.82, 2.24) is 4.98 Å². The van der Waals surface area contributed by atoms with Gasteiger partial charge >= 0.3 is 0 Å². The lowest BCUT2D eigenvalue weighted by atomic mass is 9.97. The van der Waals surface area contributed by atoms with Crippen LogP contribution in [0.5, 0.6) is 0 Å². The molecule has 4 nitrogen and oxygen atoms in total. The van der Waals surface area contributed by atoms with Crippen LogP contribution in [0.4, 0.5) is 5.13 Å². The van der Waals surface area contributed by atoms with Crippen LogP contribution in [-0.4, -0.2) is 22.7 Å². The second-order valence-electron chi connectivity index (χ2n) is 5.39. The fourth-order valence-electron chi connectivity index (χ4n) is 2.10. The van der Waals surface area contributed by atoms with Crippen LogP contribution in [0, 0.1) is 0 Å². The number of anilines is 1. The van der Waals surface area contributed by atoms with Crippen LogP contribution in [-0.2, 0) is 4.79 Å². The van der Waals surface area contributed by atoms with Crippen LogP contribution in [0.25, 0.3) is 11.3 Å². The zero-order valence-corrected chi connectivity index (χ0v) is 15.9. The van der Waals surface area contributed by atoms with Gasteiger partial charge in [-0.15, -0.1) is 35.5 Å². The molecule has 0 aliphatic rings. The lowest BCUT2D eigenvalue weighted by Gasteiger charge is -2.21. The number of hydrogen-bond acceptors (Lipinski definition) is 5. The molecule has 2 aromatic rings. The van der Waals surface area contributed by atoms with Crippen LogP contribution in [0.1, 0.15) is 26.7 Å². The summed E-state index contributed by atoms with van der Waals surface area (Å²) in [5, 5.41) is 5.35. The molecule has 0 aliphatic carbocycles. The van der Waals surface area contributed by atoms with Gasteiger partial charge in [-0.3, -0.25) is 4.79 Å². The first-order valence-corrected chi connectivity index (χ1v) is 9.27. The molecule has 2 rings (SSSR count). The quantitative estimate of drug-likeness (QED) is 0.738. The molecular weight excluding hydrogens is 350 g/mol. The summed E-state index contributed by atoms with van der Waals surface area (Å²) >= 11 is 3.12. The molecule has 0 spiro atoms. The molecule has 0 aliphatic heterocycles. The van der Waals surface area contributed by atoms with Gasteiger partial charge in [-0.2, -0.15) is 0 Å². The maximum absolute atomic E-state index is 12.2. The largest absolute Gasteiger partial charge is 0.318 e. The van der Waals surface area contributed by atoms with Crippen LogP contribution in [0.2, 0.25) is 0 Å². The third kappa shape index (κ3) is 5.21. The van der Waals surface area contributed by atoms with E-state index in [0.717, 1.165) is 17.7 Å². The molecule has 0 radical (unpaired) electrons. The Labute approximate surface area is 151 Å². The van der Waals surface area contributed by atoms with Crippen molar-refractivity contribution in [3.05, 3.63) is 29.6 Å². The SMILES string of the molecule is CCCC(C)(N)C(=O)Nc1nc(-c2ccc(SC)cc2)cs1.Cl. The molecule has 0 bridgehead atoms. The molecule has 1 aromatic carbocycles. The van der Waals surface area contributed by atoms with E-state index in [1.807, 2.05) is 30.7 Å². The summed E-state index contributed by atoms with van der Waals surface area (Å²) in [6.45, 7) is 3.76. The lowest BCUT2D eigenvalue weighted by Crippen LogP contribution is -2.48. The summed E-state index contributed by atoms with van der Waals surface area (Å²) in [5.41, 5.74) is 7.07. The van der Waals surface area contributed by atoms with E-state index in [-0.39, 0.29) is 18.3 Å². The lowest BCUT2D eigenvalue weighted by molar-refractivity contribution is -0.120. The van der Waals surface area contributed by atoms with Crippen LogP contribution >= 0.6 is 35.5 Å². The molecule has 126 valence electrons. The maximum Gasteiger partial charge on any atom is 0.245 e. The minimum Gasteiger partial charge on any atom is -0.318 e. The van der Waals surface area contributed by atoms with Crippen molar-refractivity contribution in [3.63, 3.8) is 0 Å². The summed E-state index contributed by atoms with van der Waals surface area (Å²) in [5.74, 6) is -0.187. The van der Waals surface area contributed by atoms with Gasteiger partial charge in [-0.25, -0.2) is 4.98 Å². The Morgan fingerprint density at radius 2 is 2.04 bits per heavy atom. The fourth-order valence-corrected chi connectivity index (χ4v) is 3.22. The van der Waals surface area contributed by atoms with E-state index in [0.29, 0.717) is 11.6 Å². The van der Waals surface area contributed by atoms with Crippen LogP contribution < -0.4 is 11.1 Å². The number of aromatic nitrogens is 1.